The van der Waals surface area contributed by atoms with E-state index < -0.39 is 0 Å². The van der Waals surface area contributed by atoms with Gasteiger partial charge in [-0.25, -0.2) is 0 Å². The van der Waals surface area contributed by atoms with E-state index in [9.17, 15) is 0 Å². The fraction of sp³-hybridized carbons (Fsp3) is 0.769. The highest BCUT2D eigenvalue weighted by molar-refractivity contribution is 4.86. The molecule has 0 amide bonds. The zero-order chi connectivity index (χ0) is 11.7. The van der Waals surface area contributed by atoms with Crippen LogP contribution in [0.25, 0.3) is 0 Å². The van der Waals surface area contributed by atoms with E-state index in [1.807, 2.05) is 0 Å². The second-order valence-corrected chi connectivity index (χ2v) is 4.38. The number of allylic oxidation sites excluding steroid dienone is 1. The van der Waals surface area contributed by atoms with E-state index in [0.717, 1.165) is 19.4 Å². The minimum absolute atomic E-state index is 0.609. The Kier molecular flexibility index (Phi) is 8.04. The molecule has 0 aromatic carbocycles. The van der Waals surface area contributed by atoms with Gasteiger partial charge in [0.05, 0.1) is 6.07 Å². The van der Waals surface area contributed by atoms with Crippen LogP contribution in [0.4, 0.5) is 0 Å². The van der Waals surface area contributed by atoms with Crippen molar-refractivity contribution in [3.8, 4) is 6.07 Å². The van der Waals surface area contributed by atoms with Gasteiger partial charge in [0, 0.05) is 25.0 Å². The summed E-state index contributed by atoms with van der Waals surface area (Å²) in [6.45, 7) is 10.1. The van der Waals surface area contributed by atoms with E-state index in [1.54, 1.807) is 0 Å². The Morgan fingerprint density at radius 2 is 1.60 bits per heavy atom. The third kappa shape index (κ3) is 7.16. The normalized spacial score (nSPS) is 11.9. The lowest BCUT2D eigenvalue weighted by molar-refractivity contribution is 0.178. The summed E-state index contributed by atoms with van der Waals surface area (Å²) >= 11 is 0. The van der Waals surface area contributed by atoms with Crippen molar-refractivity contribution in [1.29, 1.82) is 5.26 Å². The molecule has 0 aliphatic heterocycles. The third-order valence-corrected chi connectivity index (χ3v) is 2.47. The molecule has 0 atom stereocenters. The van der Waals surface area contributed by atoms with Gasteiger partial charge in [-0.2, -0.15) is 5.26 Å². The number of nitrogens with zero attached hydrogens (tertiary/aromatic N) is 2. The van der Waals surface area contributed by atoms with Crippen molar-refractivity contribution in [3.05, 3.63) is 12.2 Å². The van der Waals surface area contributed by atoms with Gasteiger partial charge in [0.1, 0.15) is 0 Å². The monoisotopic (exact) mass is 208 g/mol. The van der Waals surface area contributed by atoms with E-state index in [2.05, 4.69) is 50.8 Å². The van der Waals surface area contributed by atoms with Gasteiger partial charge >= 0.3 is 0 Å². The number of hydrogen-bond donors (Lipinski definition) is 0. The van der Waals surface area contributed by atoms with Gasteiger partial charge in [-0.1, -0.05) is 12.2 Å². The SMILES string of the molecule is CC(C)N(CCC=CCCC#N)C(C)C. The van der Waals surface area contributed by atoms with Gasteiger partial charge in [0.2, 0.25) is 0 Å². The van der Waals surface area contributed by atoms with Crippen LogP contribution in [0.2, 0.25) is 0 Å². The first-order valence-electron chi connectivity index (χ1n) is 5.87. The van der Waals surface area contributed by atoms with Crippen LogP contribution in [-0.2, 0) is 0 Å². The lowest BCUT2D eigenvalue weighted by atomic mass is 10.2. The molecule has 0 spiro atoms. The fourth-order valence-electron chi connectivity index (χ4n) is 1.72. The maximum atomic E-state index is 8.36. The van der Waals surface area contributed by atoms with Crippen molar-refractivity contribution in [1.82, 2.24) is 4.90 Å². The van der Waals surface area contributed by atoms with Gasteiger partial charge < -0.3 is 0 Å². The quantitative estimate of drug-likeness (QED) is 0.474. The van der Waals surface area contributed by atoms with Gasteiger partial charge in [-0.15, -0.1) is 0 Å². The summed E-state index contributed by atoms with van der Waals surface area (Å²) in [5.41, 5.74) is 0. The predicted octanol–water partition coefficient (Wildman–Crippen LogP) is 3.36. The van der Waals surface area contributed by atoms with Crippen molar-refractivity contribution in [3.63, 3.8) is 0 Å². The number of hydrogen-bond acceptors (Lipinski definition) is 2. The second-order valence-electron chi connectivity index (χ2n) is 4.38. The molecule has 0 unspecified atom stereocenters. The van der Waals surface area contributed by atoms with Crippen LogP contribution >= 0.6 is 0 Å². The van der Waals surface area contributed by atoms with Gasteiger partial charge in [-0.3, -0.25) is 4.90 Å². The fourth-order valence-corrected chi connectivity index (χ4v) is 1.72. The Balaban J connectivity index is 3.72. The molecule has 0 rings (SSSR count). The molecule has 2 nitrogen and oxygen atoms in total. The first kappa shape index (κ1) is 14.2. The minimum atomic E-state index is 0.609. The average molecular weight is 208 g/mol. The zero-order valence-electron chi connectivity index (χ0n) is 10.5. The summed E-state index contributed by atoms with van der Waals surface area (Å²) in [6.07, 6.45) is 6.91. The molecule has 0 aromatic rings. The van der Waals surface area contributed by atoms with Crippen LogP contribution in [0.1, 0.15) is 47.0 Å². The van der Waals surface area contributed by atoms with E-state index in [-0.39, 0.29) is 0 Å². The molecule has 0 bridgehead atoms. The minimum Gasteiger partial charge on any atom is -0.298 e. The maximum Gasteiger partial charge on any atom is 0.0624 e. The summed E-state index contributed by atoms with van der Waals surface area (Å²) in [5.74, 6) is 0. The summed E-state index contributed by atoms with van der Waals surface area (Å²) < 4.78 is 0. The van der Waals surface area contributed by atoms with Crippen LogP contribution in [0, 0.1) is 11.3 Å². The Labute approximate surface area is 94.6 Å². The molecule has 0 saturated carbocycles. The summed E-state index contributed by atoms with van der Waals surface area (Å²) in [5, 5.41) is 8.36. The highest BCUT2D eigenvalue weighted by Gasteiger charge is 2.11. The van der Waals surface area contributed by atoms with Crippen LogP contribution in [0.5, 0.6) is 0 Å². The van der Waals surface area contributed by atoms with E-state index in [0.29, 0.717) is 18.5 Å². The predicted molar refractivity (Wildman–Crippen MR) is 65.6 cm³/mol. The summed E-state index contributed by atoms with van der Waals surface area (Å²) in [7, 11) is 0. The first-order chi connectivity index (χ1) is 7.09. The standard InChI is InChI=1S/C13H24N2/c1-12(2)15(13(3)4)11-9-7-5-6-8-10-14/h5,7,12-13H,6,8-9,11H2,1-4H3. The Morgan fingerprint density at radius 3 is 2.07 bits per heavy atom. The molecule has 2 heteroatoms. The van der Waals surface area contributed by atoms with Crippen molar-refractivity contribution in [2.24, 2.45) is 0 Å². The van der Waals surface area contributed by atoms with E-state index in [1.165, 1.54) is 0 Å². The lowest BCUT2D eigenvalue weighted by Crippen LogP contribution is -2.37. The first-order valence-corrected chi connectivity index (χ1v) is 5.87. The molecule has 0 aliphatic carbocycles. The van der Waals surface area contributed by atoms with Crippen molar-refractivity contribution < 1.29 is 0 Å². The van der Waals surface area contributed by atoms with Crippen LogP contribution in [-0.4, -0.2) is 23.5 Å². The van der Waals surface area contributed by atoms with Crippen molar-refractivity contribution in [2.75, 3.05) is 6.54 Å². The van der Waals surface area contributed by atoms with Crippen molar-refractivity contribution >= 4 is 0 Å². The smallest absolute Gasteiger partial charge is 0.0624 e. The molecule has 0 N–H and O–H groups in total. The van der Waals surface area contributed by atoms with Crippen LogP contribution in [0.15, 0.2) is 12.2 Å². The highest BCUT2D eigenvalue weighted by Crippen LogP contribution is 2.06. The largest absolute Gasteiger partial charge is 0.298 e. The topological polar surface area (TPSA) is 27.0 Å². The van der Waals surface area contributed by atoms with E-state index in [4.69, 9.17) is 5.26 Å². The molecule has 86 valence electrons. The number of nitriles is 1. The molecule has 0 heterocycles. The lowest BCUT2D eigenvalue weighted by Gasteiger charge is -2.29. The molecular formula is C13H24N2. The van der Waals surface area contributed by atoms with Crippen LogP contribution < -0.4 is 0 Å². The molecule has 0 aliphatic rings. The van der Waals surface area contributed by atoms with Gasteiger partial charge in [0.15, 0.2) is 0 Å². The molecule has 0 saturated heterocycles. The number of rotatable bonds is 7. The number of unbranched alkanes of at least 4 members (excludes halogenated alkanes) is 1. The second kappa shape index (κ2) is 8.49. The van der Waals surface area contributed by atoms with Gasteiger partial charge in [0.25, 0.3) is 0 Å². The molecule has 0 radical (unpaired) electrons. The molecule has 0 aromatic heterocycles. The Bertz CT molecular complexity index is 203. The van der Waals surface area contributed by atoms with Crippen LogP contribution in [0.3, 0.4) is 0 Å². The van der Waals surface area contributed by atoms with E-state index >= 15 is 0 Å². The highest BCUT2D eigenvalue weighted by atomic mass is 15.2. The maximum absolute atomic E-state index is 8.36. The molecule has 15 heavy (non-hydrogen) atoms. The Morgan fingerprint density at radius 1 is 1.07 bits per heavy atom. The van der Waals surface area contributed by atoms with Gasteiger partial charge in [-0.05, 0) is 40.5 Å². The zero-order valence-corrected chi connectivity index (χ0v) is 10.5. The Hall–Kier alpha value is -0.810. The summed E-state index contributed by atoms with van der Waals surface area (Å²) in [6, 6.07) is 3.36. The third-order valence-electron chi connectivity index (χ3n) is 2.47. The average Bonchev–Trinajstić information content (AvgIpc) is 2.15. The summed E-state index contributed by atoms with van der Waals surface area (Å²) in [4.78, 5) is 2.48. The molecule has 0 fully saturated rings. The van der Waals surface area contributed by atoms with Crippen molar-refractivity contribution in [2.45, 2.75) is 59.0 Å². The molecular weight excluding hydrogens is 184 g/mol.